The molecule has 1 aliphatic rings. The fourth-order valence-electron chi connectivity index (χ4n) is 3.61. The molecule has 144 valence electrons. The third-order valence-electron chi connectivity index (χ3n) is 4.79. The Bertz CT molecular complexity index is 768. The maximum absolute atomic E-state index is 11.8. The fraction of sp³-hybridized carbons (Fsp3) is 0.619. The first-order chi connectivity index (χ1) is 12.3. The first-order valence-electron chi connectivity index (χ1n) is 9.72. The van der Waals surface area contributed by atoms with Gasteiger partial charge in [0.15, 0.2) is 0 Å². The van der Waals surface area contributed by atoms with Crippen LogP contribution in [-0.2, 0) is 11.2 Å². The molecule has 26 heavy (non-hydrogen) atoms. The molecule has 1 saturated heterocycles. The number of aromatic amines is 1. The van der Waals surface area contributed by atoms with E-state index in [1.807, 2.05) is 18.0 Å². The minimum Gasteiger partial charge on any atom is -0.365 e. The lowest BCUT2D eigenvalue weighted by Crippen LogP contribution is -2.48. The smallest absolute Gasteiger partial charge is 0.219 e. The van der Waals surface area contributed by atoms with E-state index >= 15 is 0 Å². The largest absolute Gasteiger partial charge is 0.365 e. The molecule has 2 N–H and O–H groups in total. The number of hydrogen-bond donors (Lipinski definition) is 2. The summed E-state index contributed by atoms with van der Waals surface area (Å²) in [5, 5.41) is 5.97. The first-order valence-corrected chi connectivity index (χ1v) is 9.72. The molecule has 0 radical (unpaired) electrons. The summed E-state index contributed by atoms with van der Waals surface area (Å²) in [6.45, 7) is 13.9. The van der Waals surface area contributed by atoms with Crippen LogP contribution in [0.15, 0.2) is 11.2 Å². The Labute approximate surface area is 157 Å². The first kappa shape index (κ1) is 20.3. The molecule has 0 bridgehead atoms. The molecule has 1 aromatic rings. The Hall–Kier alpha value is -2.04. The number of carbonyl (C=O) groups excluding carboxylic acids is 1. The minimum absolute atomic E-state index is 0.151. The molecule has 0 saturated carbocycles. The van der Waals surface area contributed by atoms with Gasteiger partial charge in [0.1, 0.15) is 5.82 Å². The van der Waals surface area contributed by atoms with E-state index < -0.39 is 0 Å². The molecule has 1 aromatic heterocycles. The molecule has 0 unspecified atom stereocenters. The number of hydrogen-bond acceptors (Lipinski definition) is 3. The van der Waals surface area contributed by atoms with Gasteiger partial charge >= 0.3 is 0 Å². The zero-order chi connectivity index (χ0) is 19.3. The Kier molecular flexibility index (Phi) is 7.06. The van der Waals surface area contributed by atoms with Crippen molar-refractivity contribution in [3.8, 4) is 0 Å². The van der Waals surface area contributed by atoms with Crippen molar-refractivity contribution in [2.45, 2.75) is 66.8 Å². The standard InChI is InChI=1S/C21H34N4O/c1-7-22-21(24-18-9-8-10-25(13-18)16(6)26)19-17(11-14(2)3)12-23-20(19)15(4)5/h7,12,14,18,23-24H,8-11,13H2,1-6H3/b21-19+,22-7?/t18-/m1/s1. The molecule has 5 heteroatoms. The molecule has 0 aliphatic carbocycles. The number of aliphatic imine (C=N–C) groups is 1. The van der Waals surface area contributed by atoms with Crippen molar-refractivity contribution in [3.63, 3.8) is 0 Å². The number of rotatable bonds is 5. The van der Waals surface area contributed by atoms with Crippen molar-refractivity contribution in [3.05, 3.63) is 22.3 Å². The van der Waals surface area contributed by atoms with Gasteiger partial charge in [-0.3, -0.25) is 4.79 Å². The van der Waals surface area contributed by atoms with Crippen LogP contribution in [0.5, 0.6) is 0 Å². The van der Waals surface area contributed by atoms with Gasteiger partial charge in [0.05, 0.1) is 0 Å². The highest BCUT2D eigenvalue weighted by atomic mass is 16.2. The van der Waals surface area contributed by atoms with Crippen LogP contribution in [-0.4, -0.2) is 41.1 Å². The molecule has 2 rings (SSSR count). The maximum atomic E-state index is 11.8. The lowest BCUT2D eigenvalue weighted by molar-refractivity contribution is -0.130. The summed E-state index contributed by atoms with van der Waals surface area (Å²) >= 11 is 0. The number of aromatic nitrogens is 1. The molecule has 2 heterocycles. The van der Waals surface area contributed by atoms with Gasteiger partial charge in [-0.2, -0.15) is 0 Å². The molecule has 1 amide bonds. The third kappa shape index (κ3) is 4.99. The van der Waals surface area contributed by atoms with Gasteiger partial charge in [0.25, 0.3) is 0 Å². The van der Waals surface area contributed by atoms with Crippen LogP contribution in [0, 0.1) is 5.92 Å². The normalized spacial score (nSPS) is 19.2. The Morgan fingerprint density at radius 2 is 2.15 bits per heavy atom. The van der Waals surface area contributed by atoms with Gasteiger partial charge in [-0.15, -0.1) is 0 Å². The van der Waals surface area contributed by atoms with E-state index in [1.165, 1.54) is 16.4 Å². The zero-order valence-electron chi connectivity index (χ0n) is 17.1. The highest BCUT2D eigenvalue weighted by molar-refractivity contribution is 5.73. The minimum atomic E-state index is 0.151. The van der Waals surface area contributed by atoms with Crippen LogP contribution < -0.4 is 15.9 Å². The second-order valence-corrected chi connectivity index (χ2v) is 7.85. The average Bonchev–Trinajstić information content (AvgIpc) is 2.97. The molecule has 1 atom stereocenters. The zero-order valence-corrected chi connectivity index (χ0v) is 17.1. The van der Waals surface area contributed by atoms with E-state index in [2.05, 4.69) is 49.2 Å². The second-order valence-electron chi connectivity index (χ2n) is 7.85. The lowest BCUT2D eigenvalue weighted by Gasteiger charge is -2.33. The van der Waals surface area contributed by atoms with Crippen molar-refractivity contribution < 1.29 is 4.79 Å². The highest BCUT2D eigenvalue weighted by Gasteiger charge is 2.22. The lowest BCUT2D eigenvalue weighted by atomic mass is 10.0. The molecular weight excluding hydrogens is 324 g/mol. The Morgan fingerprint density at radius 3 is 2.73 bits per heavy atom. The van der Waals surface area contributed by atoms with Crippen molar-refractivity contribution in [2.75, 3.05) is 13.1 Å². The van der Waals surface area contributed by atoms with E-state index in [4.69, 9.17) is 0 Å². The van der Waals surface area contributed by atoms with Crippen LogP contribution in [0.25, 0.3) is 11.4 Å². The maximum Gasteiger partial charge on any atom is 0.219 e. The number of nitrogens with zero attached hydrogens (tertiary/aromatic N) is 2. The van der Waals surface area contributed by atoms with E-state index in [9.17, 15) is 4.79 Å². The highest BCUT2D eigenvalue weighted by Crippen LogP contribution is 2.12. The number of H-pyrrole nitrogens is 1. The van der Waals surface area contributed by atoms with Gasteiger partial charge in [0, 0.05) is 49.0 Å². The summed E-state index contributed by atoms with van der Waals surface area (Å²) < 4.78 is 0. The Morgan fingerprint density at radius 1 is 1.42 bits per heavy atom. The third-order valence-corrected chi connectivity index (χ3v) is 4.79. The van der Waals surface area contributed by atoms with E-state index in [0.29, 0.717) is 5.92 Å². The average molecular weight is 359 g/mol. The number of likely N-dealkylation sites (tertiary alicyclic amines) is 1. The predicted octanol–water partition coefficient (Wildman–Crippen LogP) is 2.16. The summed E-state index contributed by atoms with van der Waals surface area (Å²) in [4.78, 5) is 21.8. The summed E-state index contributed by atoms with van der Waals surface area (Å²) in [6, 6.07) is 0.234. The van der Waals surface area contributed by atoms with Crippen molar-refractivity contribution in [2.24, 2.45) is 10.9 Å². The van der Waals surface area contributed by atoms with Gasteiger partial charge < -0.3 is 15.2 Å². The fourth-order valence-corrected chi connectivity index (χ4v) is 3.61. The summed E-state index contributed by atoms with van der Waals surface area (Å²) in [5.74, 6) is 1.64. The van der Waals surface area contributed by atoms with E-state index in [0.717, 1.165) is 43.5 Å². The van der Waals surface area contributed by atoms with Crippen LogP contribution >= 0.6 is 0 Å². The number of nitrogens with one attached hydrogen (secondary N) is 2. The monoisotopic (exact) mass is 358 g/mol. The second kappa shape index (κ2) is 9.06. The summed E-state index contributed by atoms with van der Waals surface area (Å²) in [7, 11) is 0. The van der Waals surface area contributed by atoms with Gasteiger partial charge in [-0.25, -0.2) is 4.99 Å². The number of piperidine rings is 1. The quantitative estimate of drug-likeness (QED) is 0.793. The van der Waals surface area contributed by atoms with E-state index in [-0.39, 0.29) is 11.9 Å². The number of amides is 1. The van der Waals surface area contributed by atoms with Crippen LogP contribution in [0.2, 0.25) is 0 Å². The van der Waals surface area contributed by atoms with Crippen molar-refractivity contribution in [1.29, 1.82) is 0 Å². The van der Waals surface area contributed by atoms with Crippen molar-refractivity contribution in [1.82, 2.24) is 15.2 Å². The van der Waals surface area contributed by atoms with Gasteiger partial charge in [-0.05, 0) is 51.5 Å². The molecule has 1 aliphatic heterocycles. The summed E-state index contributed by atoms with van der Waals surface area (Å²) in [5.41, 5.74) is 2.54. The topological polar surface area (TPSA) is 60.5 Å². The van der Waals surface area contributed by atoms with Gasteiger partial charge in [0.2, 0.25) is 5.91 Å². The van der Waals surface area contributed by atoms with Crippen LogP contribution in [0.4, 0.5) is 0 Å². The molecule has 0 spiro atoms. The molecule has 1 fully saturated rings. The Balaban J connectivity index is 2.50. The predicted molar refractivity (Wildman–Crippen MR) is 109 cm³/mol. The molecule has 5 nitrogen and oxygen atoms in total. The SMILES string of the molecule is CC=N/C(N[C@@H]1CCCN(C(C)=O)C1)=c1/c(CC(C)C)c[nH]c1=C(C)C. The molecular formula is C21H34N4O. The number of carbonyl (C=O) groups is 1. The summed E-state index contributed by atoms with van der Waals surface area (Å²) in [6.07, 6.45) is 7.05. The van der Waals surface area contributed by atoms with Crippen LogP contribution in [0.1, 0.15) is 59.9 Å². The van der Waals surface area contributed by atoms with E-state index in [1.54, 1.807) is 6.92 Å². The van der Waals surface area contributed by atoms with Crippen LogP contribution in [0.3, 0.4) is 0 Å². The molecule has 0 aromatic carbocycles. The van der Waals surface area contributed by atoms with Crippen molar-refractivity contribution >= 4 is 23.5 Å². The van der Waals surface area contributed by atoms with Gasteiger partial charge in [-0.1, -0.05) is 19.4 Å².